The van der Waals surface area contributed by atoms with Crippen molar-refractivity contribution in [3.63, 3.8) is 0 Å². The Morgan fingerprint density at radius 2 is 2.15 bits per heavy atom. The van der Waals surface area contributed by atoms with Crippen LogP contribution in [0.2, 0.25) is 5.02 Å². The molecule has 1 aromatic carbocycles. The number of nitrogens with one attached hydrogen (secondary N) is 2. The van der Waals surface area contributed by atoms with E-state index in [2.05, 4.69) is 10.3 Å². The maximum atomic E-state index is 12.1. The maximum Gasteiger partial charge on any atom is 0.267 e. The van der Waals surface area contributed by atoms with Crippen molar-refractivity contribution in [2.45, 2.75) is 20.3 Å². The lowest BCUT2D eigenvalue weighted by molar-refractivity contribution is 0.0924. The second-order valence-corrected chi connectivity index (χ2v) is 6.17. The lowest BCUT2D eigenvalue weighted by atomic mass is 9.90. The van der Waals surface area contributed by atoms with Crippen molar-refractivity contribution in [3.8, 4) is 0 Å². The van der Waals surface area contributed by atoms with Gasteiger partial charge >= 0.3 is 0 Å². The van der Waals surface area contributed by atoms with Gasteiger partial charge in [0.05, 0.1) is 0 Å². The summed E-state index contributed by atoms with van der Waals surface area (Å²) < 4.78 is 0. The summed E-state index contributed by atoms with van der Waals surface area (Å²) in [4.78, 5) is 15.2. The molecule has 0 aliphatic heterocycles. The molecule has 0 saturated carbocycles. The third-order valence-corrected chi connectivity index (χ3v) is 3.58. The number of benzene rings is 1. The summed E-state index contributed by atoms with van der Waals surface area (Å²) in [5.41, 5.74) is 1.27. The standard InChI is InChI=1S/C15H19ClN2O2/c1-15(2,5-6-19)9-17-14(20)13-8-10-7-11(16)3-4-12(10)18-13/h3-4,7-8,18-19H,5-6,9H2,1-2H3,(H,17,20). The van der Waals surface area contributed by atoms with Crippen LogP contribution in [0.1, 0.15) is 30.8 Å². The molecule has 2 aromatic rings. The molecule has 0 fully saturated rings. The van der Waals surface area contributed by atoms with E-state index >= 15 is 0 Å². The first-order valence-electron chi connectivity index (χ1n) is 6.59. The number of H-pyrrole nitrogens is 1. The second kappa shape index (κ2) is 5.85. The molecular formula is C15H19ClN2O2. The van der Waals surface area contributed by atoms with Gasteiger partial charge in [0.2, 0.25) is 0 Å². The summed E-state index contributed by atoms with van der Waals surface area (Å²) in [6.07, 6.45) is 0.648. The van der Waals surface area contributed by atoms with Crippen LogP contribution >= 0.6 is 11.6 Å². The monoisotopic (exact) mass is 294 g/mol. The fourth-order valence-electron chi connectivity index (χ4n) is 2.03. The van der Waals surface area contributed by atoms with E-state index in [9.17, 15) is 4.79 Å². The average Bonchev–Trinajstić information content (AvgIpc) is 2.79. The van der Waals surface area contributed by atoms with Crippen LogP contribution in [-0.4, -0.2) is 29.1 Å². The highest BCUT2D eigenvalue weighted by Crippen LogP contribution is 2.21. The first-order valence-corrected chi connectivity index (χ1v) is 6.96. The van der Waals surface area contributed by atoms with Crippen LogP contribution in [0.4, 0.5) is 0 Å². The molecule has 0 unspecified atom stereocenters. The molecular weight excluding hydrogens is 276 g/mol. The summed E-state index contributed by atoms with van der Waals surface area (Å²) >= 11 is 5.93. The zero-order valence-electron chi connectivity index (χ0n) is 11.7. The van der Waals surface area contributed by atoms with Crippen LogP contribution in [-0.2, 0) is 0 Å². The Morgan fingerprint density at radius 1 is 1.40 bits per heavy atom. The van der Waals surface area contributed by atoms with Crippen LogP contribution in [0.3, 0.4) is 0 Å². The van der Waals surface area contributed by atoms with E-state index in [0.717, 1.165) is 10.9 Å². The topological polar surface area (TPSA) is 65.1 Å². The number of fused-ring (bicyclic) bond motifs is 1. The summed E-state index contributed by atoms with van der Waals surface area (Å²) in [7, 11) is 0. The van der Waals surface area contributed by atoms with E-state index in [4.69, 9.17) is 16.7 Å². The van der Waals surface area contributed by atoms with Gasteiger partial charge in [-0.2, -0.15) is 0 Å². The molecule has 4 nitrogen and oxygen atoms in total. The first kappa shape index (κ1) is 14.9. The van der Waals surface area contributed by atoms with Crippen molar-refractivity contribution in [2.75, 3.05) is 13.2 Å². The van der Waals surface area contributed by atoms with Crippen molar-refractivity contribution in [1.29, 1.82) is 0 Å². The number of hydrogen-bond donors (Lipinski definition) is 3. The fraction of sp³-hybridized carbons (Fsp3) is 0.400. The van der Waals surface area contributed by atoms with Crippen LogP contribution in [0.15, 0.2) is 24.3 Å². The van der Waals surface area contributed by atoms with E-state index in [1.54, 1.807) is 12.1 Å². The number of aromatic nitrogens is 1. The molecule has 108 valence electrons. The minimum absolute atomic E-state index is 0.119. The summed E-state index contributed by atoms with van der Waals surface area (Å²) in [6.45, 7) is 4.65. The number of hydrogen-bond acceptors (Lipinski definition) is 2. The summed E-state index contributed by atoms with van der Waals surface area (Å²) in [5.74, 6) is -0.150. The molecule has 2 rings (SSSR count). The Labute approximate surface area is 123 Å². The molecule has 0 radical (unpaired) electrons. The van der Waals surface area contributed by atoms with Crippen LogP contribution in [0, 0.1) is 5.41 Å². The number of carbonyl (C=O) groups is 1. The number of amides is 1. The van der Waals surface area contributed by atoms with Gasteiger partial charge in [0.15, 0.2) is 0 Å². The van der Waals surface area contributed by atoms with Crippen molar-refractivity contribution < 1.29 is 9.90 Å². The first-order chi connectivity index (χ1) is 9.41. The highest BCUT2D eigenvalue weighted by atomic mass is 35.5. The Balaban J connectivity index is 2.08. The molecule has 20 heavy (non-hydrogen) atoms. The molecule has 1 amide bonds. The average molecular weight is 295 g/mol. The predicted octanol–water partition coefficient (Wildman–Crippen LogP) is 2.96. The Hall–Kier alpha value is -1.52. The number of aromatic amines is 1. The molecule has 0 bridgehead atoms. The zero-order valence-corrected chi connectivity index (χ0v) is 12.4. The minimum atomic E-state index is -0.150. The van der Waals surface area contributed by atoms with Crippen LogP contribution < -0.4 is 5.32 Å². The molecule has 1 aromatic heterocycles. The van der Waals surface area contributed by atoms with Gasteiger partial charge in [-0.25, -0.2) is 0 Å². The van der Waals surface area contributed by atoms with Crippen molar-refractivity contribution in [3.05, 3.63) is 35.0 Å². The number of rotatable bonds is 5. The number of carbonyl (C=O) groups excluding carboxylic acids is 1. The van der Waals surface area contributed by atoms with Gasteiger partial charge in [-0.1, -0.05) is 25.4 Å². The molecule has 1 heterocycles. The SMILES string of the molecule is CC(C)(CCO)CNC(=O)c1cc2cc(Cl)ccc2[nH]1. The van der Waals surface area contributed by atoms with Gasteiger partial charge in [-0.15, -0.1) is 0 Å². The van der Waals surface area contributed by atoms with Gasteiger partial charge in [0.25, 0.3) is 5.91 Å². The Bertz CT molecular complexity index is 619. The predicted molar refractivity (Wildman–Crippen MR) is 81.1 cm³/mol. The smallest absolute Gasteiger partial charge is 0.267 e. The van der Waals surface area contributed by atoms with Crippen molar-refractivity contribution in [2.24, 2.45) is 5.41 Å². The van der Waals surface area contributed by atoms with Crippen LogP contribution in [0.25, 0.3) is 10.9 Å². The largest absolute Gasteiger partial charge is 0.396 e. The maximum absolute atomic E-state index is 12.1. The molecule has 0 aliphatic carbocycles. The van der Waals surface area contributed by atoms with Gasteiger partial charge in [-0.3, -0.25) is 4.79 Å². The third-order valence-electron chi connectivity index (χ3n) is 3.34. The number of aliphatic hydroxyl groups excluding tert-OH is 1. The molecule has 0 spiro atoms. The van der Waals surface area contributed by atoms with E-state index in [1.807, 2.05) is 26.0 Å². The molecule has 0 aliphatic rings. The number of halogens is 1. The highest BCUT2D eigenvalue weighted by Gasteiger charge is 2.19. The van der Waals surface area contributed by atoms with Crippen molar-refractivity contribution >= 4 is 28.4 Å². The van der Waals surface area contributed by atoms with Gasteiger partial charge in [-0.05, 0) is 36.1 Å². The Kier molecular flexibility index (Phi) is 4.35. The minimum Gasteiger partial charge on any atom is -0.396 e. The Morgan fingerprint density at radius 3 is 2.85 bits per heavy atom. The van der Waals surface area contributed by atoms with Gasteiger partial charge in [0.1, 0.15) is 5.69 Å². The molecule has 0 saturated heterocycles. The lowest BCUT2D eigenvalue weighted by Crippen LogP contribution is -2.34. The van der Waals surface area contributed by atoms with E-state index in [0.29, 0.717) is 23.7 Å². The van der Waals surface area contributed by atoms with E-state index in [-0.39, 0.29) is 17.9 Å². The van der Waals surface area contributed by atoms with E-state index < -0.39 is 0 Å². The second-order valence-electron chi connectivity index (χ2n) is 5.74. The van der Waals surface area contributed by atoms with Gasteiger partial charge < -0.3 is 15.4 Å². The quantitative estimate of drug-likeness (QED) is 0.794. The number of aliphatic hydroxyl groups is 1. The molecule has 0 atom stereocenters. The molecule has 3 N–H and O–H groups in total. The zero-order chi connectivity index (χ0) is 14.8. The van der Waals surface area contributed by atoms with Crippen LogP contribution in [0.5, 0.6) is 0 Å². The normalized spacial score (nSPS) is 11.8. The highest BCUT2D eigenvalue weighted by molar-refractivity contribution is 6.31. The fourth-order valence-corrected chi connectivity index (χ4v) is 2.21. The van der Waals surface area contributed by atoms with Gasteiger partial charge in [0, 0.05) is 29.1 Å². The third kappa shape index (κ3) is 3.52. The summed E-state index contributed by atoms with van der Waals surface area (Å²) in [5, 5.41) is 13.4. The molecule has 5 heteroatoms. The van der Waals surface area contributed by atoms with E-state index in [1.165, 1.54) is 0 Å². The van der Waals surface area contributed by atoms with Crippen molar-refractivity contribution in [1.82, 2.24) is 10.3 Å². The summed E-state index contributed by atoms with van der Waals surface area (Å²) in [6, 6.07) is 7.24. The lowest BCUT2D eigenvalue weighted by Gasteiger charge is -2.23.